The summed E-state index contributed by atoms with van der Waals surface area (Å²) in [5.74, 6) is 0.972. The number of nitrogens with one attached hydrogen (secondary N) is 1. The average molecular weight is 254 g/mol. The zero-order chi connectivity index (χ0) is 13.6. The first kappa shape index (κ1) is 15.2. The average Bonchev–Trinajstić information content (AvgIpc) is 2.73. The summed E-state index contributed by atoms with van der Waals surface area (Å²) in [6, 6.07) is 1.98. The van der Waals surface area contributed by atoms with E-state index in [1.54, 1.807) is 6.26 Å². The minimum absolute atomic E-state index is 0.0472. The van der Waals surface area contributed by atoms with Gasteiger partial charge in [0.05, 0.1) is 26.0 Å². The molecule has 0 radical (unpaired) electrons. The van der Waals surface area contributed by atoms with Crippen LogP contribution in [0.1, 0.15) is 32.1 Å². The molecule has 0 aromatic carbocycles. The SMILES string of the molecule is CCNCc1occc1COCC(C)(C)N(C)C. The fraction of sp³-hybridized carbons (Fsp3) is 0.714. The normalized spacial score (nSPS) is 12.3. The van der Waals surface area contributed by atoms with Gasteiger partial charge in [-0.05, 0) is 40.6 Å². The third-order valence-corrected chi connectivity index (χ3v) is 3.30. The molecule has 0 spiro atoms. The second-order valence-corrected chi connectivity index (χ2v) is 5.35. The Hall–Kier alpha value is -0.840. The zero-order valence-corrected chi connectivity index (χ0v) is 12.2. The van der Waals surface area contributed by atoms with Gasteiger partial charge in [0.25, 0.3) is 0 Å². The van der Waals surface area contributed by atoms with Crippen LogP contribution in [0.3, 0.4) is 0 Å². The molecule has 0 aliphatic rings. The quantitative estimate of drug-likeness (QED) is 0.772. The van der Waals surface area contributed by atoms with Crippen molar-refractivity contribution in [3.8, 4) is 0 Å². The molecular formula is C14H26N2O2. The summed E-state index contributed by atoms with van der Waals surface area (Å²) >= 11 is 0. The van der Waals surface area contributed by atoms with Crippen molar-refractivity contribution < 1.29 is 9.15 Å². The van der Waals surface area contributed by atoms with E-state index in [0.29, 0.717) is 13.2 Å². The van der Waals surface area contributed by atoms with Crippen molar-refractivity contribution >= 4 is 0 Å². The fourth-order valence-electron chi connectivity index (χ4n) is 1.43. The van der Waals surface area contributed by atoms with Gasteiger partial charge in [-0.1, -0.05) is 6.92 Å². The summed E-state index contributed by atoms with van der Waals surface area (Å²) in [6.07, 6.45) is 1.72. The predicted molar refractivity (Wildman–Crippen MR) is 73.5 cm³/mol. The van der Waals surface area contributed by atoms with Crippen LogP contribution in [-0.4, -0.2) is 37.7 Å². The van der Waals surface area contributed by atoms with E-state index in [9.17, 15) is 0 Å². The van der Waals surface area contributed by atoms with Gasteiger partial charge in [-0.3, -0.25) is 0 Å². The van der Waals surface area contributed by atoms with E-state index in [1.165, 1.54) is 0 Å². The summed E-state index contributed by atoms with van der Waals surface area (Å²) in [6.45, 7) is 9.43. The lowest BCUT2D eigenvalue weighted by Gasteiger charge is -2.32. The van der Waals surface area contributed by atoms with Crippen LogP contribution in [0.4, 0.5) is 0 Å². The van der Waals surface area contributed by atoms with Gasteiger partial charge in [0.1, 0.15) is 5.76 Å². The highest BCUT2D eigenvalue weighted by Gasteiger charge is 2.20. The lowest BCUT2D eigenvalue weighted by atomic mass is 10.1. The van der Waals surface area contributed by atoms with Crippen molar-refractivity contribution in [1.29, 1.82) is 0 Å². The summed E-state index contributed by atoms with van der Waals surface area (Å²) in [4.78, 5) is 2.17. The van der Waals surface area contributed by atoms with Crippen molar-refractivity contribution in [2.24, 2.45) is 0 Å². The maximum Gasteiger partial charge on any atom is 0.123 e. The van der Waals surface area contributed by atoms with Crippen molar-refractivity contribution in [3.63, 3.8) is 0 Å². The maximum absolute atomic E-state index is 5.80. The number of rotatable bonds is 8. The monoisotopic (exact) mass is 254 g/mol. The second-order valence-electron chi connectivity index (χ2n) is 5.35. The number of hydrogen-bond donors (Lipinski definition) is 1. The molecule has 0 aliphatic heterocycles. The molecule has 0 bridgehead atoms. The Balaban J connectivity index is 2.42. The summed E-state index contributed by atoms with van der Waals surface area (Å²) in [7, 11) is 4.13. The fourth-order valence-corrected chi connectivity index (χ4v) is 1.43. The van der Waals surface area contributed by atoms with Gasteiger partial charge in [-0.2, -0.15) is 0 Å². The molecule has 4 nitrogen and oxygen atoms in total. The largest absolute Gasteiger partial charge is 0.468 e. The van der Waals surface area contributed by atoms with E-state index < -0.39 is 0 Å². The first-order valence-corrected chi connectivity index (χ1v) is 6.48. The number of likely N-dealkylation sites (N-methyl/N-ethyl adjacent to an activating group) is 1. The molecule has 0 saturated carbocycles. The lowest BCUT2D eigenvalue weighted by Crippen LogP contribution is -2.42. The molecular weight excluding hydrogens is 228 g/mol. The Bertz CT molecular complexity index is 345. The van der Waals surface area contributed by atoms with E-state index in [-0.39, 0.29) is 5.54 Å². The van der Waals surface area contributed by atoms with Crippen LogP contribution in [0, 0.1) is 0 Å². The van der Waals surface area contributed by atoms with Gasteiger partial charge >= 0.3 is 0 Å². The first-order chi connectivity index (χ1) is 8.47. The molecule has 0 amide bonds. The second kappa shape index (κ2) is 6.92. The smallest absolute Gasteiger partial charge is 0.123 e. The van der Waals surface area contributed by atoms with E-state index >= 15 is 0 Å². The Morgan fingerprint density at radius 3 is 2.72 bits per heavy atom. The van der Waals surface area contributed by atoms with E-state index in [4.69, 9.17) is 9.15 Å². The van der Waals surface area contributed by atoms with Crippen LogP contribution in [0.2, 0.25) is 0 Å². The third-order valence-electron chi connectivity index (χ3n) is 3.30. The van der Waals surface area contributed by atoms with E-state index in [0.717, 1.165) is 24.4 Å². The highest BCUT2D eigenvalue weighted by Crippen LogP contribution is 2.15. The maximum atomic E-state index is 5.80. The number of hydrogen-bond acceptors (Lipinski definition) is 4. The molecule has 0 unspecified atom stereocenters. The van der Waals surface area contributed by atoms with Gasteiger partial charge in [-0.15, -0.1) is 0 Å². The third kappa shape index (κ3) is 4.44. The van der Waals surface area contributed by atoms with Crippen LogP contribution < -0.4 is 5.32 Å². The Labute approximate surface area is 110 Å². The van der Waals surface area contributed by atoms with Crippen LogP contribution in [-0.2, 0) is 17.9 Å². The molecule has 1 N–H and O–H groups in total. The highest BCUT2D eigenvalue weighted by atomic mass is 16.5. The molecule has 18 heavy (non-hydrogen) atoms. The zero-order valence-electron chi connectivity index (χ0n) is 12.2. The van der Waals surface area contributed by atoms with Crippen molar-refractivity contribution in [1.82, 2.24) is 10.2 Å². The van der Waals surface area contributed by atoms with Crippen LogP contribution >= 0.6 is 0 Å². The van der Waals surface area contributed by atoms with Gasteiger partial charge in [-0.25, -0.2) is 0 Å². The summed E-state index contributed by atoms with van der Waals surface area (Å²) < 4.78 is 11.2. The van der Waals surface area contributed by atoms with Crippen LogP contribution in [0.25, 0.3) is 0 Å². The van der Waals surface area contributed by atoms with Gasteiger partial charge in [0, 0.05) is 11.1 Å². The van der Waals surface area contributed by atoms with Gasteiger partial charge in [0.2, 0.25) is 0 Å². The molecule has 0 atom stereocenters. The van der Waals surface area contributed by atoms with Crippen molar-refractivity contribution in [2.75, 3.05) is 27.2 Å². The molecule has 1 rings (SSSR count). The minimum atomic E-state index is 0.0472. The molecule has 0 saturated heterocycles. The Morgan fingerprint density at radius 1 is 1.39 bits per heavy atom. The van der Waals surface area contributed by atoms with Gasteiger partial charge < -0.3 is 19.4 Å². The van der Waals surface area contributed by atoms with E-state index in [1.807, 2.05) is 6.07 Å². The first-order valence-electron chi connectivity index (χ1n) is 6.48. The topological polar surface area (TPSA) is 37.6 Å². The number of furan rings is 1. The molecule has 4 heteroatoms. The van der Waals surface area contributed by atoms with Crippen molar-refractivity contribution in [2.45, 2.75) is 39.5 Å². The highest BCUT2D eigenvalue weighted by molar-refractivity contribution is 5.15. The summed E-state index contributed by atoms with van der Waals surface area (Å²) in [5.41, 5.74) is 1.18. The molecule has 1 aromatic rings. The minimum Gasteiger partial charge on any atom is -0.468 e. The lowest BCUT2D eigenvalue weighted by molar-refractivity contribution is 0.0269. The Morgan fingerprint density at radius 2 is 2.11 bits per heavy atom. The molecule has 1 aromatic heterocycles. The Kier molecular flexibility index (Phi) is 5.85. The standard InChI is InChI=1S/C14H26N2O2/c1-6-15-9-13-12(7-8-18-13)10-17-11-14(2,3)16(4)5/h7-8,15H,6,9-11H2,1-5H3. The molecule has 104 valence electrons. The van der Waals surface area contributed by atoms with Crippen LogP contribution in [0.15, 0.2) is 16.7 Å². The number of ether oxygens (including phenoxy) is 1. The van der Waals surface area contributed by atoms with Crippen LogP contribution in [0.5, 0.6) is 0 Å². The summed E-state index contributed by atoms with van der Waals surface area (Å²) in [5, 5.41) is 3.26. The molecule has 1 heterocycles. The van der Waals surface area contributed by atoms with Crippen molar-refractivity contribution in [3.05, 3.63) is 23.7 Å². The van der Waals surface area contributed by atoms with Gasteiger partial charge in [0.15, 0.2) is 0 Å². The van der Waals surface area contributed by atoms with E-state index in [2.05, 4.69) is 45.1 Å². The molecule has 0 aliphatic carbocycles. The number of nitrogens with zero attached hydrogens (tertiary/aromatic N) is 1. The predicted octanol–water partition coefficient (Wildman–Crippen LogP) is 2.25. The molecule has 0 fully saturated rings.